The van der Waals surface area contributed by atoms with Crippen molar-refractivity contribution in [1.82, 2.24) is 0 Å². The van der Waals surface area contributed by atoms with Crippen LogP contribution < -0.4 is 10.5 Å². The molecule has 0 saturated carbocycles. The molecule has 0 saturated heterocycles. The molecule has 1 unspecified atom stereocenters. The molecule has 1 rings (SSSR count). The van der Waals surface area contributed by atoms with Gasteiger partial charge in [0, 0.05) is 5.56 Å². The molecule has 1 aromatic carbocycles. The molecule has 6 nitrogen and oxygen atoms in total. The fourth-order valence-corrected chi connectivity index (χ4v) is 1.02. The van der Waals surface area contributed by atoms with Gasteiger partial charge >= 0.3 is 5.97 Å². The molecule has 0 aliphatic heterocycles. The molecule has 0 fully saturated rings. The summed E-state index contributed by atoms with van der Waals surface area (Å²) in [5.74, 6) is -1.73. The number of aliphatic carboxylic acids is 1. The number of rotatable bonds is 5. The van der Waals surface area contributed by atoms with Crippen LogP contribution in [0.3, 0.4) is 0 Å². The van der Waals surface area contributed by atoms with Crippen molar-refractivity contribution in [3.63, 3.8) is 0 Å². The van der Waals surface area contributed by atoms with Gasteiger partial charge in [0.2, 0.25) is 5.91 Å². The number of carboxylic acids is 1. The Morgan fingerprint density at radius 1 is 1.47 bits per heavy atom. The highest BCUT2D eigenvalue weighted by Crippen LogP contribution is 2.15. The Morgan fingerprint density at radius 2 is 2.12 bits per heavy atom. The second-order valence-corrected chi connectivity index (χ2v) is 3.76. The van der Waals surface area contributed by atoms with Crippen LogP contribution in [0.4, 0.5) is 0 Å². The first kappa shape index (κ1) is 13.0. The standard InChI is InChI=1S/C11H13NO5/c1-11(16,10(14)15)6-17-8-4-2-3-7(5-8)9(12)13/h2-5,16H,6H2,1H3,(H2,12,13)(H,14,15). The number of benzene rings is 1. The summed E-state index contributed by atoms with van der Waals surface area (Å²) in [6, 6.07) is 5.96. The third-order valence-corrected chi connectivity index (χ3v) is 2.10. The number of ether oxygens (including phenoxy) is 1. The van der Waals surface area contributed by atoms with Crippen LogP contribution in [0.1, 0.15) is 17.3 Å². The van der Waals surface area contributed by atoms with Gasteiger partial charge in [-0.15, -0.1) is 0 Å². The van der Waals surface area contributed by atoms with E-state index in [0.717, 1.165) is 6.92 Å². The minimum atomic E-state index is -1.98. The van der Waals surface area contributed by atoms with Gasteiger partial charge in [0.05, 0.1) is 0 Å². The maximum absolute atomic E-state index is 10.9. The van der Waals surface area contributed by atoms with E-state index < -0.39 is 24.1 Å². The lowest BCUT2D eigenvalue weighted by molar-refractivity contribution is -0.159. The molecule has 1 atom stereocenters. The van der Waals surface area contributed by atoms with Gasteiger partial charge in [-0.3, -0.25) is 4.79 Å². The van der Waals surface area contributed by atoms with Gasteiger partial charge in [0.15, 0.2) is 5.60 Å². The lowest BCUT2D eigenvalue weighted by Crippen LogP contribution is -2.41. The van der Waals surface area contributed by atoms with Gasteiger partial charge in [-0.2, -0.15) is 0 Å². The minimum Gasteiger partial charge on any atom is -0.490 e. The average molecular weight is 239 g/mol. The Labute approximate surface area is 97.6 Å². The molecule has 0 aliphatic carbocycles. The van der Waals surface area contributed by atoms with Crippen molar-refractivity contribution >= 4 is 11.9 Å². The molecule has 1 aromatic rings. The van der Waals surface area contributed by atoms with E-state index in [1.54, 1.807) is 6.07 Å². The Morgan fingerprint density at radius 3 is 2.65 bits per heavy atom. The van der Waals surface area contributed by atoms with Crippen molar-refractivity contribution in [1.29, 1.82) is 0 Å². The first-order chi connectivity index (χ1) is 7.83. The molecule has 6 heteroatoms. The van der Waals surface area contributed by atoms with E-state index in [0.29, 0.717) is 0 Å². The molecule has 0 aliphatic rings. The largest absolute Gasteiger partial charge is 0.490 e. The smallest absolute Gasteiger partial charge is 0.339 e. The average Bonchev–Trinajstić information content (AvgIpc) is 2.26. The molecule has 0 aromatic heterocycles. The lowest BCUT2D eigenvalue weighted by atomic mass is 10.1. The fraction of sp³-hybridized carbons (Fsp3) is 0.273. The molecule has 0 radical (unpaired) electrons. The van der Waals surface area contributed by atoms with Crippen molar-refractivity contribution in [2.45, 2.75) is 12.5 Å². The van der Waals surface area contributed by atoms with Crippen LogP contribution in [-0.4, -0.2) is 34.3 Å². The molecule has 4 N–H and O–H groups in total. The number of carboxylic acid groups (broad SMARTS) is 1. The van der Waals surface area contributed by atoms with E-state index in [1.165, 1.54) is 18.2 Å². The molecule has 17 heavy (non-hydrogen) atoms. The molecular formula is C11H13NO5. The van der Waals surface area contributed by atoms with Gasteiger partial charge in [-0.1, -0.05) is 6.07 Å². The Bertz CT molecular complexity index is 441. The molecule has 0 heterocycles. The third-order valence-electron chi connectivity index (χ3n) is 2.10. The zero-order chi connectivity index (χ0) is 13.1. The zero-order valence-electron chi connectivity index (χ0n) is 9.21. The fourth-order valence-electron chi connectivity index (χ4n) is 1.02. The number of aliphatic hydroxyl groups is 1. The first-order valence-corrected chi connectivity index (χ1v) is 4.81. The van der Waals surface area contributed by atoms with Gasteiger partial charge < -0.3 is 20.7 Å². The van der Waals surface area contributed by atoms with Gasteiger partial charge in [-0.05, 0) is 25.1 Å². The number of nitrogens with two attached hydrogens (primary N) is 1. The van der Waals surface area contributed by atoms with E-state index in [1.807, 2.05) is 0 Å². The van der Waals surface area contributed by atoms with E-state index in [2.05, 4.69) is 0 Å². The van der Waals surface area contributed by atoms with Crippen LogP contribution >= 0.6 is 0 Å². The maximum atomic E-state index is 10.9. The number of amides is 1. The molecule has 1 amide bonds. The van der Waals surface area contributed by atoms with E-state index in [9.17, 15) is 14.7 Å². The maximum Gasteiger partial charge on any atom is 0.339 e. The second kappa shape index (κ2) is 4.84. The van der Waals surface area contributed by atoms with E-state index in [4.69, 9.17) is 15.6 Å². The minimum absolute atomic E-state index is 0.248. The monoisotopic (exact) mass is 239 g/mol. The predicted octanol–water partition coefficient (Wildman–Crippen LogP) is -0.0001000. The highest BCUT2D eigenvalue weighted by atomic mass is 16.5. The normalized spacial score (nSPS) is 13.8. The summed E-state index contributed by atoms with van der Waals surface area (Å²) < 4.78 is 5.08. The highest BCUT2D eigenvalue weighted by molar-refractivity contribution is 5.93. The van der Waals surface area contributed by atoms with Crippen LogP contribution in [0.2, 0.25) is 0 Å². The molecule has 0 bridgehead atoms. The number of carbonyl (C=O) groups is 2. The van der Waals surface area contributed by atoms with Crippen molar-refractivity contribution in [3.8, 4) is 5.75 Å². The summed E-state index contributed by atoms with van der Waals surface area (Å²) in [5.41, 5.74) is 3.34. The number of primary amides is 1. The van der Waals surface area contributed by atoms with Crippen molar-refractivity contribution in [3.05, 3.63) is 29.8 Å². The second-order valence-electron chi connectivity index (χ2n) is 3.76. The highest BCUT2D eigenvalue weighted by Gasteiger charge is 2.30. The topological polar surface area (TPSA) is 110 Å². The van der Waals surface area contributed by atoms with Gasteiger partial charge in [0.25, 0.3) is 0 Å². The van der Waals surface area contributed by atoms with Crippen LogP contribution in [0, 0.1) is 0 Å². The summed E-state index contributed by atoms with van der Waals surface area (Å²) in [6.45, 7) is 0.692. The zero-order valence-corrected chi connectivity index (χ0v) is 9.21. The van der Waals surface area contributed by atoms with Gasteiger partial charge in [0.1, 0.15) is 12.4 Å². The van der Waals surface area contributed by atoms with Crippen LogP contribution in [0.25, 0.3) is 0 Å². The Kier molecular flexibility index (Phi) is 3.69. The summed E-state index contributed by atoms with van der Waals surface area (Å²) in [4.78, 5) is 21.5. The Balaban J connectivity index is 2.73. The number of hydrogen-bond acceptors (Lipinski definition) is 4. The van der Waals surface area contributed by atoms with Crippen molar-refractivity contribution in [2.75, 3.05) is 6.61 Å². The SMILES string of the molecule is CC(O)(COc1cccc(C(N)=O)c1)C(=O)O. The Hall–Kier alpha value is -2.08. The summed E-state index contributed by atoms with van der Waals surface area (Å²) >= 11 is 0. The van der Waals surface area contributed by atoms with E-state index in [-0.39, 0.29) is 11.3 Å². The molecule has 92 valence electrons. The van der Waals surface area contributed by atoms with Crippen LogP contribution in [-0.2, 0) is 4.79 Å². The quantitative estimate of drug-likeness (QED) is 0.670. The summed E-state index contributed by atoms with van der Waals surface area (Å²) in [5, 5.41) is 18.1. The first-order valence-electron chi connectivity index (χ1n) is 4.81. The van der Waals surface area contributed by atoms with Crippen molar-refractivity contribution < 1.29 is 24.5 Å². The molecule has 0 spiro atoms. The summed E-state index contributed by atoms with van der Waals surface area (Å²) in [6.07, 6.45) is 0. The van der Waals surface area contributed by atoms with Crippen molar-refractivity contribution in [2.24, 2.45) is 5.73 Å². The number of carbonyl (C=O) groups excluding carboxylic acids is 1. The third kappa shape index (κ3) is 3.46. The number of hydrogen-bond donors (Lipinski definition) is 3. The van der Waals surface area contributed by atoms with E-state index >= 15 is 0 Å². The van der Waals surface area contributed by atoms with Crippen LogP contribution in [0.15, 0.2) is 24.3 Å². The predicted molar refractivity (Wildman–Crippen MR) is 58.7 cm³/mol. The lowest BCUT2D eigenvalue weighted by Gasteiger charge is -2.18. The summed E-state index contributed by atoms with van der Waals surface area (Å²) in [7, 11) is 0. The molecular weight excluding hydrogens is 226 g/mol. The van der Waals surface area contributed by atoms with Gasteiger partial charge in [-0.25, -0.2) is 4.79 Å². The van der Waals surface area contributed by atoms with Crippen LogP contribution in [0.5, 0.6) is 5.75 Å².